The number of aliphatic hydroxyl groups excluding tert-OH is 1. The number of hydrogen-bond acceptors (Lipinski definition) is 4. The van der Waals surface area contributed by atoms with Gasteiger partial charge in [0.2, 0.25) is 5.91 Å². The number of carbonyl (C=O) groups is 2. The highest BCUT2D eigenvalue weighted by Gasteiger charge is 2.13. The maximum atomic E-state index is 11.4. The van der Waals surface area contributed by atoms with Gasteiger partial charge in [-0.3, -0.25) is 4.79 Å². The molecule has 1 aromatic rings. The zero-order chi connectivity index (χ0) is 13.5. The van der Waals surface area contributed by atoms with E-state index in [1.807, 2.05) is 31.2 Å². The van der Waals surface area contributed by atoms with Gasteiger partial charge in [0, 0.05) is 4.90 Å². The van der Waals surface area contributed by atoms with Gasteiger partial charge < -0.3 is 15.5 Å². The lowest BCUT2D eigenvalue weighted by Gasteiger charge is -2.07. The Balaban J connectivity index is 2.29. The first kappa shape index (κ1) is 14.5. The van der Waals surface area contributed by atoms with Crippen molar-refractivity contribution >= 4 is 23.6 Å². The van der Waals surface area contributed by atoms with Crippen LogP contribution in [0.1, 0.15) is 5.56 Å². The number of aliphatic carboxylic acids is 1. The first-order chi connectivity index (χ1) is 8.49. The molecular formula is C12H15NO4S. The number of thioether (sulfide) groups is 1. The van der Waals surface area contributed by atoms with Gasteiger partial charge in [-0.2, -0.15) is 0 Å². The molecule has 0 heterocycles. The largest absolute Gasteiger partial charge is 0.479 e. The molecule has 0 bridgehead atoms. The van der Waals surface area contributed by atoms with Gasteiger partial charge in [0.25, 0.3) is 0 Å². The minimum absolute atomic E-state index is 0.190. The third-order valence-corrected chi connectivity index (χ3v) is 3.18. The van der Waals surface area contributed by atoms with Gasteiger partial charge in [-0.05, 0) is 19.1 Å². The van der Waals surface area contributed by atoms with Gasteiger partial charge >= 0.3 is 5.97 Å². The molecule has 0 aliphatic rings. The number of hydrogen-bond donors (Lipinski definition) is 3. The standard InChI is InChI=1S/C12H15NO4S/c1-8-2-4-9(5-3-8)18-7-11(15)13-6-10(14)12(16)17/h2-5,10,14H,6-7H2,1H3,(H,13,15)(H,16,17). The van der Waals surface area contributed by atoms with Crippen molar-refractivity contribution in [1.82, 2.24) is 5.32 Å². The van der Waals surface area contributed by atoms with Crippen LogP contribution in [0.3, 0.4) is 0 Å². The predicted molar refractivity (Wildman–Crippen MR) is 68.6 cm³/mol. The maximum Gasteiger partial charge on any atom is 0.334 e. The number of amides is 1. The van der Waals surface area contributed by atoms with Crippen LogP contribution in [-0.2, 0) is 9.59 Å². The van der Waals surface area contributed by atoms with E-state index < -0.39 is 12.1 Å². The fraction of sp³-hybridized carbons (Fsp3) is 0.333. The molecule has 0 aliphatic carbocycles. The van der Waals surface area contributed by atoms with Crippen molar-refractivity contribution < 1.29 is 19.8 Å². The molecule has 0 aliphatic heterocycles. The first-order valence-electron chi connectivity index (χ1n) is 5.36. The number of carboxylic acids is 1. The Morgan fingerprint density at radius 3 is 2.50 bits per heavy atom. The van der Waals surface area contributed by atoms with E-state index in [1.54, 1.807) is 0 Å². The average molecular weight is 269 g/mol. The molecule has 0 fully saturated rings. The van der Waals surface area contributed by atoms with Crippen LogP contribution in [0.2, 0.25) is 0 Å². The highest BCUT2D eigenvalue weighted by molar-refractivity contribution is 8.00. The summed E-state index contributed by atoms with van der Waals surface area (Å²) < 4.78 is 0. The van der Waals surface area contributed by atoms with Gasteiger partial charge in [0.1, 0.15) is 0 Å². The second-order valence-electron chi connectivity index (χ2n) is 3.76. The Morgan fingerprint density at radius 1 is 1.33 bits per heavy atom. The van der Waals surface area contributed by atoms with Gasteiger partial charge in [-0.25, -0.2) is 4.79 Å². The summed E-state index contributed by atoms with van der Waals surface area (Å²) in [6.45, 7) is 1.71. The molecule has 1 unspecified atom stereocenters. The fourth-order valence-corrected chi connectivity index (χ4v) is 1.86. The second-order valence-corrected chi connectivity index (χ2v) is 4.81. The van der Waals surface area contributed by atoms with Gasteiger partial charge in [0.15, 0.2) is 6.10 Å². The number of nitrogens with one attached hydrogen (secondary N) is 1. The normalized spacial score (nSPS) is 11.9. The Morgan fingerprint density at radius 2 is 1.94 bits per heavy atom. The Bertz CT molecular complexity index is 419. The Kier molecular flexibility index (Phi) is 5.67. The summed E-state index contributed by atoms with van der Waals surface area (Å²) in [5.41, 5.74) is 1.15. The number of aryl methyl sites for hydroxylation is 1. The van der Waals surface area contributed by atoms with E-state index >= 15 is 0 Å². The molecule has 0 radical (unpaired) electrons. The molecule has 0 saturated carbocycles. The average Bonchev–Trinajstić information content (AvgIpc) is 2.35. The topological polar surface area (TPSA) is 86.6 Å². The van der Waals surface area contributed by atoms with E-state index in [0.29, 0.717) is 0 Å². The molecule has 5 nitrogen and oxygen atoms in total. The van der Waals surface area contributed by atoms with E-state index in [2.05, 4.69) is 5.32 Å². The predicted octanol–water partition coefficient (Wildman–Crippen LogP) is 0.649. The van der Waals surface area contributed by atoms with Crippen LogP contribution < -0.4 is 5.32 Å². The minimum Gasteiger partial charge on any atom is -0.479 e. The van der Waals surface area contributed by atoms with Crippen LogP contribution in [0, 0.1) is 6.92 Å². The van der Waals surface area contributed by atoms with Gasteiger partial charge in [0.05, 0.1) is 12.3 Å². The molecule has 3 N–H and O–H groups in total. The smallest absolute Gasteiger partial charge is 0.334 e. The summed E-state index contributed by atoms with van der Waals surface area (Å²) >= 11 is 1.36. The van der Waals surface area contributed by atoms with Crippen LogP contribution in [-0.4, -0.2) is 40.5 Å². The van der Waals surface area contributed by atoms with Crippen molar-refractivity contribution in [2.45, 2.75) is 17.9 Å². The number of aliphatic hydroxyl groups is 1. The third-order valence-electron chi connectivity index (χ3n) is 2.17. The molecule has 98 valence electrons. The molecule has 1 atom stereocenters. The Labute approximate surface area is 109 Å². The van der Waals surface area contributed by atoms with Crippen molar-refractivity contribution in [3.05, 3.63) is 29.8 Å². The lowest BCUT2D eigenvalue weighted by Crippen LogP contribution is -2.37. The zero-order valence-electron chi connectivity index (χ0n) is 9.92. The molecule has 18 heavy (non-hydrogen) atoms. The van der Waals surface area contributed by atoms with Crippen molar-refractivity contribution in [2.24, 2.45) is 0 Å². The van der Waals surface area contributed by atoms with Crippen LogP contribution >= 0.6 is 11.8 Å². The van der Waals surface area contributed by atoms with Crippen molar-refractivity contribution in [3.8, 4) is 0 Å². The molecule has 0 aromatic heterocycles. The summed E-state index contributed by atoms with van der Waals surface area (Å²) in [6.07, 6.45) is -1.56. The highest BCUT2D eigenvalue weighted by Crippen LogP contribution is 2.17. The summed E-state index contributed by atoms with van der Waals surface area (Å²) in [5, 5.41) is 19.7. The van der Waals surface area contributed by atoms with Crippen LogP contribution in [0.15, 0.2) is 29.2 Å². The minimum atomic E-state index is -1.56. The zero-order valence-corrected chi connectivity index (χ0v) is 10.7. The molecule has 1 amide bonds. The lowest BCUT2D eigenvalue weighted by atomic mass is 10.2. The molecule has 0 saturated heterocycles. The number of benzene rings is 1. The summed E-state index contributed by atoms with van der Waals surface area (Å²) in [5.74, 6) is -1.46. The fourth-order valence-electron chi connectivity index (χ4n) is 1.13. The Hall–Kier alpha value is -1.53. The van der Waals surface area contributed by atoms with E-state index in [-0.39, 0.29) is 18.2 Å². The third kappa shape index (κ3) is 5.20. The maximum absolute atomic E-state index is 11.4. The summed E-state index contributed by atoms with van der Waals surface area (Å²) in [4.78, 5) is 22.7. The van der Waals surface area contributed by atoms with Crippen LogP contribution in [0.4, 0.5) is 0 Å². The number of carbonyl (C=O) groups excluding carboxylic acids is 1. The highest BCUT2D eigenvalue weighted by atomic mass is 32.2. The number of rotatable bonds is 6. The van der Waals surface area contributed by atoms with Gasteiger partial charge in [-0.15, -0.1) is 11.8 Å². The SMILES string of the molecule is Cc1ccc(SCC(=O)NCC(O)C(=O)O)cc1. The van der Waals surface area contributed by atoms with Crippen molar-refractivity contribution in [1.29, 1.82) is 0 Å². The van der Waals surface area contributed by atoms with Crippen LogP contribution in [0.25, 0.3) is 0 Å². The second kappa shape index (κ2) is 7.03. The quantitative estimate of drug-likeness (QED) is 0.660. The van der Waals surface area contributed by atoms with E-state index in [9.17, 15) is 9.59 Å². The molecule has 1 rings (SSSR count). The molecular weight excluding hydrogens is 254 g/mol. The van der Waals surface area contributed by atoms with E-state index in [4.69, 9.17) is 10.2 Å². The summed E-state index contributed by atoms with van der Waals surface area (Å²) in [7, 11) is 0. The molecule has 6 heteroatoms. The summed E-state index contributed by atoms with van der Waals surface area (Å²) in [6, 6.07) is 7.74. The monoisotopic (exact) mass is 269 g/mol. The van der Waals surface area contributed by atoms with E-state index in [1.165, 1.54) is 11.8 Å². The van der Waals surface area contributed by atoms with Crippen molar-refractivity contribution in [3.63, 3.8) is 0 Å². The molecule has 1 aromatic carbocycles. The van der Waals surface area contributed by atoms with Gasteiger partial charge in [-0.1, -0.05) is 17.7 Å². The molecule has 0 spiro atoms. The van der Waals surface area contributed by atoms with E-state index in [0.717, 1.165) is 10.5 Å². The van der Waals surface area contributed by atoms with Crippen LogP contribution in [0.5, 0.6) is 0 Å². The number of carboxylic acid groups (broad SMARTS) is 1. The first-order valence-corrected chi connectivity index (χ1v) is 6.34. The lowest BCUT2D eigenvalue weighted by molar-refractivity contribution is -0.146. The van der Waals surface area contributed by atoms with Crippen molar-refractivity contribution in [2.75, 3.05) is 12.3 Å².